The molecule has 0 spiro atoms. The second-order valence-corrected chi connectivity index (χ2v) is 6.01. The van der Waals surface area contributed by atoms with Gasteiger partial charge in [-0.15, -0.1) is 5.60 Å². The van der Waals surface area contributed by atoms with Crippen molar-refractivity contribution in [1.29, 1.82) is 0 Å². The molecule has 0 N–H and O–H groups in total. The summed E-state index contributed by atoms with van der Waals surface area (Å²) in [4.78, 5) is 13.9. The minimum Gasteiger partial charge on any atom is -1.00 e. The first-order valence-electron chi connectivity index (χ1n) is 7.92. The Kier molecular flexibility index (Phi) is 13.0. The Balaban J connectivity index is 0. The van der Waals surface area contributed by atoms with E-state index in [0.717, 1.165) is 5.56 Å². The van der Waals surface area contributed by atoms with E-state index in [1.54, 1.807) is 14.1 Å². The van der Waals surface area contributed by atoms with Gasteiger partial charge in [0.25, 0.3) is 5.91 Å². The molecule has 0 unspecified atom stereocenters. The fourth-order valence-corrected chi connectivity index (χ4v) is 2.61. The maximum absolute atomic E-state index is 12.9. The molecular formula is C18H28ClMgNO3. The summed E-state index contributed by atoms with van der Waals surface area (Å²) in [5.74, 6) is -0.535. The monoisotopic (exact) mass is 365 g/mol. The molecule has 1 amide bonds. The van der Waals surface area contributed by atoms with Crippen LogP contribution in [0, 0.1) is 5.92 Å². The number of hydrogen-bond donors (Lipinski definition) is 0. The van der Waals surface area contributed by atoms with Gasteiger partial charge in [-0.05, 0) is 11.5 Å². The van der Waals surface area contributed by atoms with Gasteiger partial charge in [-0.1, -0.05) is 63.9 Å². The van der Waals surface area contributed by atoms with Crippen molar-refractivity contribution in [3.63, 3.8) is 0 Å². The first-order chi connectivity index (χ1) is 10.4. The quantitative estimate of drug-likeness (QED) is 0.546. The van der Waals surface area contributed by atoms with Crippen molar-refractivity contribution >= 4 is 29.0 Å². The summed E-state index contributed by atoms with van der Waals surface area (Å²) in [5.41, 5.74) is -0.150. The van der Waals surface area contributed by atoms with E-state index in [4.69, 9.17) is 4.74 Å². The van der Waals surface area contributed by atoms with Crippen LogP contribution in [-0.4, -0.2) is 59.7 Å². The number of hydrogen-bond acceptors (Lipinski definition) is 3. The Bertz CT molecular complexity index is 467. The zero-order valence-corrected chi connectivity index (χ0v) is 17.6. The molecule has 0 fully saturated rings. The van der Waals surface area contributed by atoms with Crippen molar-refractivity contribution in [2.45, 2.75) is 51.9 Å². The SMILES string of the molecule is CCC([O-])(CC)[C@@H](C)[C@@H](OCc1ccccc1)C(=O)N(C)C.[Cl-].[Mg+2]. The van der Waals surface area contributed by atoms with Crippen LogP contribution in [0.2, 0.25) is 0 Å². The number of carbonyl (C=O) groups is 1. The number of rotatable bonds is 8. The van der Waals surface area contributed by atoms with Gasteiger partial charge in [0.15, 0.2) is 0 Å². The van der Waals surface area contributed by atoms with Crippen LogP contribution >= 0.6 is 0 Å². The summed E-state index contributed by atoms with van der Waals surface area (Å²) >= 11 is 0. The molecule has 0 aliphatic heterocycles. The zero-order valence-electron chi connectivity index (χ0n) is 15.4. The molecule has 1 rings (SSSR count). The van der Waals surface area contributed by atoms with Crippen LogP contribution in [0.5, 0.6) is 0 Å². The van der Waals surface area contributed by atoms with Gasteiger partial charge in [0, 0.05) is 14.1 Å². The molecule has 0 aromatic heterocycles. The molecule has 24 heavy (non-hydrogen) atoms. The van der Waals surface area contributed by atoms with Gasteiger partial charge in [-0.3, -0.25) is 4.79 Å². The van der Waals surface area contributed by atoms with Crippen LogP contribution in [0.15, 0.2) is 30.3 Å². The molecule has 132 valence electrons. The van der Waals surface area contributed by atoms with Crippen LogP contribution in [0.1, 0.15) is 39.2 Å². The van der Waals surface area contributed by atoms with Gasteiger partial charge >= 0.3 is 23.1 Å². The molecule has 0 saturated heterocycles. The van der Waals surface area contributed by atoms with Gasteiger partial charge in [0.2, 0.25) is 0 Å². The summed E-state index contributed by atoms with van der Waals surface area (Å²) in [7, 11) is 3.39. The van der Waals surface area contributed by atoms with Gasteiger partial charge in [-0.25, -0.2) is 0 Å². The van der Waals surface area contributed by atoms with E-state index in [0.29, 0.717) is 19.4 Å². The van der Waals surface area contributed by atoms with E-state index in [1.807, 2.05) is 51.1 Å². The Labute approximate surface area is 168 Å². The molecule has 2 atom stereocenters. The van der Waals surface area contributed by atoms with Gasteiger partial charge in [-0.2, -0.15) is 0 Å². The fourth-order valence-electron chi connectivity index (χ4n) is 2.61. The van der Waals surface area contributed by atoms with Crippen LogP contribution in [0.3, 0.4) is 0 Å². The second-order valence-electron chi connectivity index (χ2n) is 6.01. The predicted octanol–water partition coefficient (Wildman–Crippen LogP) is -1.16. The van der Waals surface area contributed by atoms with Crippen LogP contribution < -0.4 is 17.5 Å². The number of likely N-dealkylation sites (N-methyl/N-ethyl adjacent to an activating group) is 1. The Morgan fingerprint density at radius 2 is 1.71 bits per heavy atom. The fraction of sp³-hybridized carbons (Fsp3) is 0.611. The predicted molar refractivity (Wildman–Crippen MR) is 91.9 cm³/mol. The molecule has 0 bridgehead atoms. The molecule has 0 aliphatic rings. The van der Waals surface area contributed by atoms with Gasteiger partial charge in [0.1, 0.15) is 6.10 Å². The number of ether oxygens (including phenoxy) is 1. The standard InChI is InChI=1S/C18H28NO3.ClH.Mg/c1-6-18(21,7-2)14(3)16(17(20)19(4)5)22-13-15-11-9-8-10-12-15;;/h8-12,14,16H,6-7,13H2,1-5H3;1H;/q-1;;+2/p-1/t14-,16+;;/m0../s1. The Morgan fingerprint density at radius 3 is 2.12 bits per heavy atom. The number of halogens is 1. The summed E-state index contributed by atoms with van der Waals surface area (Å²) in [5, 5.41) is 12.9. The van der Waals surface area contributed by atoms with E-state index < -0.39 is 11.7 Å². The molecule has 1 aromatic carbocycles. The minimum atomic E-state index is -1.15. The maximum atomic E-state index is 12.9. The zero-order chi connectivity index (χ0) is 16.8. The average molecular weight is 366 g/mol. The number of amides is 1. The summed E-state index contributed by atoms with van der Waals surface area (Å²) < 4.78 is 5.87. The van der Waals surface area contributed by atoms with Crippen molar-refractivity contribution < 1.29 is 27.0 Å². The topological polar surface area (TPSA) is 52.6 Å². The molecular weight excluding hydrogens is 338 g/mol. The van der Waals surface area contributed by atoms with Gasteiger partial charge < -0.3 is 27.2 Å². The smallest absolute Gasteiger partial charge is 1.00 e. The van der Waals surface area contributed by atoms with Gasteiger partial charge in [0.05, 0.1) is 6.61 Å². The molecule has 6 heteroatoms. The van der Waals surface area contributed by atoms with Crippen molar-refractivity contribution in [1.82, 2.24) is 4.90 Å². The number of nitrogens with zero attached hydrogens (tertiary/aromatic N) is 1. The summed E-state index contributed by atoms with van der Waals surface area (Å²) in [6.07, 6.45) is 0.250. The minimum absolute atomic E-state index is 0. The first kappa shape index (κ1) is 25.9. The third kappa shape index (κ3) is 6.88. The third-order valence-electron chi connectivity index (χ3n) is 4.44. The molecule has 1 aromatic rings. The molecule has 0 aliphatic carbocycles. The molecule has 0 radical (unpaired) electrons. The molecule has 4 nitrogen and oxygen atoms in total. The normalized spacial score (nSPS) is 13.2. The second kappa shape index (κ2) is 12.1. The van der Waals surface area contributed by atoms with Crippen molar-refractivity contribution in [2.75, 3.05) is 14.1 Å². The van der Waals surface area contributed by atoms with Crippen LogP contribution in [0.4, 0.5) is 0 Å². The average Bonchev–Trinajstić information content (AvgIpc) is 2.54. The van der Waals surface area contributed by atoms with Crippen molar-refractivity contribution in [3.8, 4) is 0 Å². The van der Waals surface area contributed by atoms with Crippen LogP contribution in [0.25, 0.3) is 0 Å². The van der Waals surface area contributed by atoms with Crippen molar-refractivity contribution in [2.24, 2.45) is 5.92 Å². The molecule has 0 saturated carbocycles. The Morgan fingerprint density at radius 1 is 1.21 bits per heavy atom. The molecule has 0 heterocycles. The van der Waals surface area contributed by atoms with E-state index >= 15 is 0 Å². The first-order valence-corrected chi connectivity index (χ1v) is 7.92. The summed E-state index contributed by atoms with van der Waals surface area (Å²) in [6, 6.07) is 9.70. The summed E-state index contributed by atoms with van der Waals surface area (Å²) in [6.45, 7) is 5.92. The maximum Gasteiger partial charge on any atom is 2.00 e. The van der Waals surface area contributed by atoms with E-state index in [2.05, 4.69) is 0 Å². The van der Waals surface area contributed by atoms with Crippen molar-refractivity contribution in [3.05, 3.63) is 35.9 Å². The van der Waals surface area contributed by atoms with Crippen LogP contribution in [-0.2, 0) is 16.1 Å². The number of benzene rings is 1. The number of carbonyl (C=O) groups excluding carboxylic acids is 1. The van der Waals surface area contributed by atoms with E-state index in [-0.39, 0.29) is 47.3 Å². The van der Waals surface area contributed by atoms with E-state index in [9.17, 15) is 9.90 Å². The third-order valence-corrected chi connectivity index (χ3v) is 4.44. The van der Waals surface area contributed by atoms with E-state index in [1.165, 1.54) is 4.90 Å². The largest absolute Gasteiger partial charge is 2.00 e. The Hall–Kier alpha value is -0.334.